The predicted octanol–water partition coefficient (Wildman–Crippen LogP) is 4.89. The first-order chi connectivity index (χ1) is 11.5. The summed E-state index contributed by atoms with van der Waals surface area (Å²) in [5.74, 6) is 1.46. The molecule has 3 rings (SSSR count). The van der Waals surface area contributed by atoms with Gasteiger partial charge in [0.1, 0.15) is 11.6 Å². The first-order valence-electron chi connectivity index (χ1n) is 7.06. The number of nitrogens with two attached hydrogens (primary N) is 1. The van der Waals surface area contributed by atoms with Gasteiger partial charge < -0.3 is 15.8 Å². The van der Waals surface area contributed by atoms with Gasteiger partial charge in [-0.05, 0) is 42.5 Å². The molecule has 0 unspecified atom stereocenters. The maximum Gasteiger partial charge on any atom is 0.222 e. The van der Waals surface area contributed by atoms with Crippen molar-refractivity contribution in [3.05, 3.63) is 58.0 Å². The SMILES string of the molecule is COc1ccc(Br)cc1-c1cc(Nc2ccc(Cl)cc2)nc(N)n1. The molecule has 0 amide bonds. The van der Waals surface area contributed by atoms with E-state index < -0.39 is 0 Å². The van der Waals surface area contributed by atoms with Crippen LogP contribution in [0.4, 0.5) is 17.5 Å². The van der Waals surface area contributed by atoms with Crippen molar-refractivity contribution in [1.82, 2.24) is 9.97 Å². The number of aromatic nitrogens is 2. The molecular formula is C17H14BrClN4O. The Balaban J connectivity index is 2.00. The zero-order chi connectivity index (χ0) is 17.1. The van der Waals surface area contributed by atoms with Gasteiger partial charge in [0.05, 0.1) is 12.8 Å². The second-order valence-electron chi connectivity index (χ2n) is 4.97. The molecule has 0 radical (unpaired) electrons. The number of nitrogens with zero attached hydrogens (tertiary/aromatic N) is 2. The van der Waals surface area contributed by atoms with E-state index in [2.05, 4.69) is 31.2 Å². The minimum Gasteiger partial charge on any atom is -0.496 e. The summed E-state index contributed by atoms with van der Waals surface area (Å²) in [6.07, 6.45) is 0. The van der Waals surface area contributed by atoms with Gasteiger partial charge in [0, 0.05) is 26.8 Å². The lowest BCUT2D eigenvalue weighted by atomic mass is 10.1. The minimum absolute atomic E-state index is 0.172. The maximum absolute atomic E-state index is 5.90. The molecule has 0 aliphatic heterocycles. The highest BCUT2D eigenvalue weighted by atomic mass is 79.9. The fraction of sp³-hybridized carbons (Fsp3) is 0.0588. The van der Waals surface area contributed by atoms with Crippen molar-refractivity contribution in [2.24, 2.45) is 0 Å². The third kappa shape index (κ3) is 3.77. The summed E-state index contributed by atoms with van der Waals surface area (Å²) in [5.41, 5.74) is 8.20. The normalized spacial score (nSPS) is 10.5. The van der Waals surface area contributed by atoms with Crippen molar-refractivity contribution in [3.63, 3.8) is 0 Å². The smallest absolute Gasteiger partial charge is 0.222 e. The average molecular weight is 406 g/mol. The number of ether oxygens (including phenoxy) is 1. The molecule has 0 aliphatic rings. The molecule has 24 heavy (non-hydrogen) atoms. The molecule has 0 aliphatic carbocycles. The average Bonchev–Trinajstić information content (AvgIpc) is 2.56. The fourth-order valence-electron chi connectivity index (χ4n) is 2.23. The molecule has 0 spiro atoms. The number of benzene rings is 2. The predicted molar refractivity (Wildman–Crippen MR) is 101 cm³/mol. The molecule has 2 aromatic carbocycles. The van der Waals surface area contributed by atoms with Crippen LogP contribution in [0, 0.1) is 0 Å². The van der Waals surface area contributed by atoms with E-state index >= 15 is 0 Å². The van der Waals surface area contributed by atoms with Crippen LogP contribution in [0.15, 0.2) is 53.0 Å². The fourth-order valence-corrected chi connectivity index (χ4v) is 2.72. The van der Waals surface area contributed by atoms with E-state index in [1.54, 1.807) is 19.2 Å². The Morgan fingerprint density at radius 3 is 2.54 bits per heavy atom. The minimum atomic E-state index is 0.172. The zero-order valence-corrected chi connectivity index (χ0v) is 15.1. The lowest BCUT2D eigenvalue weighted by Gasteiger charge is -2.11. The standard InChI is InChI=1S/C17H14BrClN4O/c1-24-15-7-2-10(18)8-13(15)14-9-16(23-17(20)22-14)21-12-5-3-11(19)4-6-12/h2-9H,1H3,(H3,20,21,22,23). The Morgan fingerprint density at radius 1 is 1.08 bits per heavy atom. The van der Waals surface area contributed by atoms with Crippen LogP contribution in [0.5, 0.6) is 5.75 Å². The molecule has 1 aromatic heterocycles. The van der Waals surface area contributed by atoms with Crippen LogP contribution in [0.25, 0.3) is 11.3 Å². The number of halogens is 2. The van der Waals surface area contributed by atoms with Crippen LogP contribution in [-0.4, -0.2) is 17.1 Å². The molecule has 0 saturated heterocycles. The molecule has 122 valence electrons. The van der Waals surface area contributed by atoms with E-state index in [1.807, 2.05) is 36.4 Å². The van der Waals surface area contributed by atoms with E-state index in [-0.39, 0.29) is 5.95 Å². The van der Waals surface area contributed by atoms with Crippen LogP contribution in [0.2, 0.25) is 5.02 Å². The Bertz CT molecular complexity index is 871. The Kier molecular flexibility index (Phi) is 4.87. The van der Waals surface area contributed by atoms with Crippen molar-refractivity contribution in [1.29, 1.82) is 0 Å². The summed E-state index contributed by atoms with van der Waals surface area (Å²) in [6, 6.07) is 14.8. The van der Waals surface area contributed by atoms with E-state index in [9.17, 15) is 0 Å². The van der Waals surface area contributed by atoms with E-state index in [4.69, 9.17) is 22.1 Å². The van der Waals surface area contributed by atoms with E-state index in [0.29, 0.717) is 22.3 Å². The molecule has 0 saturated carbocycles. The summed E-state index contributed by atoms with van der Waals surface area (Å²) in [7, 11) is 1.62. The molecule has 3 N–H and O–H groups in total. The van der Waals surface area contributed by atoms with Gasteiger partial charge in [-0.1, -0.05) is 27.5 Å². The van der Waals surface area contributed by atoms with Crippen LogP contribution in [0.1, 0.15) is 0 Å². The third-order valence-electron chi connectivity index (χ3n) is 3.30. The molecule has 0 bridgehead atoms. The molecule has 1 heterocycles. The molecule has 0 fully saturated rings. The molecule has 7 heteroatoms. The van der Waals surface area contributed by atoms with Crippen LogP contribution in [-0.2, 0) is 0 Å². The Hall–Kier alpha value is -2.31. The third-order valence-corrected chi connectivity index (χ3v) is 4.04. The molecule has 5 nitrogen and oxygen atoms in total. The number of anilines is 3. The second-order valence-corrected chi connectivity index (χ2v) is 6.33. The summed E-state index contributed by atoms with van der Waals surface area (Å²) in [6.45, 7) is 0. The second kappa shape index (κ2) is 7.07. The van der Waals surface area contributed by atoms with Gasteiger partial charge in [-0.15, -0.1) is 0 Å². The number of hydrogen-bond donors (Lipinski definition) is 2. The van der Waals surface area contributed by atoms with Gasteiger partial charge in [-0.25, -0.2) is 4.98 Å². The number of nitrogen functional groups attached to an aromatic ring is 1. The van der Waals surface area contributed by atoms with Crippen LogP contribution < -0.4 is 15.8 Å². The quantitative estimate of drug-likeness (QED) is 0.646. The first-order valence-corrected chi connectivity index (χ1v) is 8.23. The van der Waals surface area contributed by atoms with Gasteiger partial charge >= 0.3 is 0 Å². The topological polar surface area (TPSA) is 73.1 Å². The first kappa shape index (κ1) is 16.5. The van der Waals surface area contributed by atoms with Crippen molar-refractivity contribution >= 4 is 45.0 Å². The van der Waals surface area contributed by atoms with Crippen LogP contribution in [0.3, 0.4) is 0 Å². The highest BCUT2D eigenvalue weighted by Crippen LogP contribution is 2.33. The van der Waals surface area contributed by atoms with Crippen molar-refractivity contribution in [2.75, 3.05) is 18.2 Å². The zero-order valence-electron chi connectivity index (χ0n) is 12.8. The highest BCUT2D eigenvalue weighted by Gasteiger charge is 2.11. The number of hydrogen-bond acceptors (Lipinski definition) is 5. The number of methoxy groups -OCH3 is 1. The summed E-state index contributed by atoms with van der Waals surface area (Å²) >= 11 is 9.36. The van der Waals surface area contributed by atoms with E-state index in [0.717, 1.165) is 15.7 Å². The van der Waals surface area contributed by atoms with Gasteiger partial charge in [0.15, 0.2) is 0 Å². The summed E-state index contributed by atoms with van der Waals surface area (Å²) in [5, 5.41) is 3.86. The maximum atomic E-state index is 5.90. The highest BCUT2D eigenvalue weighted by molar-refractivity contribution is 9.10. The molecule has 3 aromatic rings. The van der Waals surface area contributed by atoms with Gasteiger partial charge in [-0.3, -0.25) is 0 Å². The summed E-state index contributed by atoms with van der Waals surface area (Å²) in [4.78, 5) is 8.54. The van der Waals surface area contributed by atoms with Gasteiger partial charge in [0.25, 0.3) is 0 Å². The lowest BCUT2D eigenvalue weighted by molar-refractivity contribution is 0.416. The Morgan fingerprint density at radius 2 is 1.83 bits per heavy atom. The summed E-state index contributed by atoms with van der Waals surface area (Å²) < 4.78 is 6.33. The largest absolute Gasteiger partial charge is 0.496 e. The van der Waals surface area contributed by atoms with Gasteiger partial charge in [0.2, 0.25) is 5.95 Å². The van der Waals surface area contributed by atoms with E-state index in [1.165, 1.54) is 0 Å². The Labute approximate surface area is 153 Å². The monoisotopic (exact) mass is 404 g/mol. The van der Waals surface area contributed by atoms with Crippen molar-refractivity contribution < 1.29 is 4.74 Å². The van der Waals surface area contributed by atoms with Crippen molar-refractivity contribution in [3.8, 4) is 17.0 Å². The lowest BCUT2D eigenvalue weighted by Crippen LogP contribution is -2.02. The van der Waals surface area contributed by atoms with Crippen LogP contribution >= 0.6 is 27.5 Å². The van der Waals surface area contributed by atoms with Gasteiger partial charge in [-0.2, -0.15) is 4.98 Å². The number of nitrogens with one attached hydrogen (secondary N) is 1. The molecule has 0 atom stereocenters. The van der Waals surface area contributed by atoms with Crippen molar-refractivity contribution in [2.45, 2.75) is 0 Å². The number of rotatable bonds is 4. The molecular weight excluding hydrogens is 392 g/mol.